The molecule has 0 fully saturated rings. The molecular weight excluding hydrogens is 713 g/mol. The molecule has 0 bridgehead atoms. The first-order valence-electron chi connectivity index (χ1n) is 18.0. The highest BCUT2D eigenvalue weighted by Gasteiger charge is 2.18. The Morgan fingerprint density at radius 2 is 0.782 bits per heavy atom. The zero-order valence-corrected chi connectivity index (χ0v) is 30.8. The van der Waals surface area contributed by atoms with E-state index in [9.17, 15) is 0 Å². The van der Waals surface area contributed by atoms with Crippen molar-refractivity contribution in [3.63, 3.8) is 0 Å². The molecule has 6 nitrogen and oxygen atoms in total. The van der Waals surface area contributed by atoms with Gasteiger partial charge in [0.15, 0.2) is 17.5 Å². The normalized spacial score (nSPS) is 11.6. The van der Waals surface area contributed by atoms with Crippen molar-refractivity contribution in [2.24, 2.45) is 0 Å². The average molecular weight is 741 g/mol. The van der Waals surface area contributed by atoms with E-state index in [0.29, 0.717) is 17.5 Å². The van der Waals surface area contributed by atoms with Crippen LogP contribution < -0.4 is 0 Å². The summed E-state index contributed by atoms with van der Waals surface area (Å²) in [6, 6.07) is 58.8. The maximum absolute atomic E-state index is 5.18. The zero-order valence-electron chi connectivity index (χ0n) is 29.2. The Hall–Kier alpha value is -6.87. The van der Waals surface area contributed by atoms with E-state index in [0.717, 1.165) is 64.0 Å². The first-order chi connectivity index (χ1) is 27.2. The van der Waals surface area contributed by atoms with Gasteiger partial charge < -0.3 is 4.57 Å². The molecule has 0 spiro atoms. The van der Waals surface area contributed by atoms with Gasteiger partial charge in [0.1, 0.15) is 10.0 Å². The van der Waals surface area contributed by atoms with E-state index in [2.05, 4.69) is 132 Å². The molecule has 55 heavy (non-hydrogen) atoms. The second-order valence-corrected chi connectivity index (χ2v) is 15.4. The molecule has 0 aliphatic carbocycles. The van der Waals surface area contributed by atoms with E-state index in [-0.39, 0.29) is 0 Å². The lowest BCUT2D eigenvalue weighted by Crippen LogP contribution is -2.01. The van der Waals surface area contributed by atoms with Crippen LogP contribution in [-0.4, -0.2) is 29.5 Å². The first-order valence-corrected chi connectivity index (χ1v) is 19.6. The minimum absolute atomic E-state index is 0.584. The van der Waals surface area contributed by atoms with Gasteiger partial charge >= 0.3 is 0 Å². The summed E-state index contributed by atoms with van der Waals surface area (Å²) in [7, 11) is 0. The van der Waals surface area contributed by atoms with Crippen LogP contribution in [0.2, 0.25) is 0 Å². The SMILES string of the molecule is c1ccc(-c2nc(-c3ccc(-n4c5ccccc5c5ccccc54)cc3)nc(-c3cc(-c4nc5ccccc5s4)cc(-c4nc5ccccc5s4)c3)n2)cc1. The monoisotopic (exact) mass is 740 g/mol. The summed E-state index contributed by atoms with van der Waals surface area (Å²) in [4.78, 5) is 25.4. The van der Waals surface area contributed by atoms with Crippen LogP contribution >= 0.6 is 22.7 Å². The van der Waals surface area contributed by atoms with Crippen molar-refractivity contribution in [3.05, 3.63) is 170 Å². The summed E-state index contributed by atoms with van der Waals surface area (Å²) in [6.45, 7) is 0. The maximum Gasteiger partial charge on any atom is 0.164 e. The second-order valence-electron chi connectivity index (χ2n) is 13.4. The fraction of sp³-hybridized carbons (Fsp3) is 0. The highest BCUT2D eigenvalue weighted by Crippen LogP contribution is 2.39. The predicted molar refractivity (Wildman–Crippen MR) is 228 cm³/mol. The fourth-order valence-electron chi connectivity index (χ4n) is 7.31. The number of benzene rings is 7. The van der Waals surface area contributed by atoms with Crippen LogP contribution in [0.4, 0.5) is 0 Å². The van der Waals surface area contributed by atoms with Crippen LogP contribution in [0.3, 0.4) is 0 Å². The molecule has 0 radical (unpaired) electrons. The van der Waals surface area contributed by atoms with Gasteiger partial charge in [0.2, 0.25) is 0 Å². The molecule has 0 saturated carbocycles. The van der Waals surface area contributed by atoms with E-state index in [1.165, 1.54) is 21.8 Å². The number of fused-ring (bicyclic) bond motifs is 5. The molecule has 11 aromatic rings. The Morgan fingerprint density at radius 3 is 1.33 bits per heavy atom. The zero-order chi connectivity index (χ0) is 36.3. The van der Waals surface area contributed by atoms with Crippen molar-refractivity contribution in [1.29, 1.82) is 0 Å². The van der Waals surface area contributed by atoms with E-state index in [1.807, 2.05) is 42.5 Å². The van der Waals surface area contributed by atoms with Crippen LogP contribution in [0.5, 0.6) is 0 Å². The third-order valence-electron chi connectivity index (χ3n) is 9.90. The Bertz CT molecular complexity index is 3000. The van der Waals surface area contributed by atoms with Crippen molar-refractivity contribution in [3.8, 4) is 61.0 Å². The van der Waals surface area contributed by atoms with Gasteiger partial charge in [0.25, 0.3) is 0 Å². The number of thiazole rings is 2. The molecule has 11 rings (SSSR count). The molecule has 0 N–H and O–H groups in total. The lowest BCUT2D eigenvalue weighted by atomic mass is 10.0. The standard InChI is InChI=1S/C47H28N6S2/c1-2-12-29(13-3-1)43-50-44(30-22-24-34(25-23-30)53-39-18-8-4-14-35(39)36-15-5-9-19-40(36)53)52-45(51-43)31-26-32(46-48-37-16-6-10-20-41(37)54-46)28-33(27-31)47-49-38-17-7-11-21-42(38)55-47/h1-28H. The maximum atomic E-state index is 5.18. The molecule has 7 aromatic carbocycles. The summed E-state index contributed by atoms with van der Waals surface area (Å²) < 4.78 is 4.60. The van der Waals surface area contributed by atoms with Gasteiger partial charge in [0, 0.05) is 44.3 Å². The number of aromatic nitrogens is 6. The second kappa shape index (κ2) is 12.9. The van der Waals surface area contributed by atoms with Crippen LogP contribution in [0.15, 0.2) is 170 Å². The van der Waals surface area contributed by atoms with Gasteiger partial charge in [-0.25, -0.2) is 24.9 Å². The first kappa shape index (κ1) is 31.6. The van der Waals surface area contributed by atoms with Crippen molar-refractivity contribution >= 4 is 64.9 Å². The van der Waals surface area contributed by atoms with Gasteiger partial charge in [-0.05, 0) is 78.9 Å². The largest absolute Gasteiger partial charge is 0.309 e. The number of rotatable bonds is 6. The molecule has 8 heteroatoms. The summed E-state index contributed by atoms with van der Waals surface area (Å²) >= 11 is 3.36. The highest BCUT2D eigenvalue weighted by molar-refractivity contribution is 7.22. The number of hydrogen-bond acceptors (Lipinski definition) is 7. The molecule has 4 heterocycles. The van der Waals surface area contributed by atoms with Gasteiger partial charge in [-0.15, -0.1) is 22.7 Å². The van der Waals surface area contributed by atoms with Crippen molar-refractivity contribution in [2.75, 3.05) is 0 Å². The Morgan fingerprint density at radius 1 is 0.345 bits per heavy atom. The Balaban J connectivity index is 1.08. The average Bonchev–Trinajstić information content (AvgIpc) is 3.98. The van der Waals surface area contributed by atoms with Gasteiger partial charge in [-0.1, -0.05) is 91.0 Å². The van der Waals surface area contributed by atoms with E-state index in [1.54, 1.807) is 22.7 Å². The number of nitrogens with zero attached hydrogens (tertiary/aromatic N) is 6. The summed E-state index contributed by atoms with van der Waals surface area (Å²) in [5.41, 5.74) is 10.0. The lowest BCUT2D eigenvalue weighted by Gasteiger charge is -2.12. The van der Waals surface area contributed by atoms with Crippen molar-refractivity contribution in [1.82, 2.24) is 29.5 Å². The molecule has 0 atom stereocenters. The molecule has 0 aliphatic rings. The molecule has 0 amide bonds. The molecule has 0 unspecified atom stereocenters. The van der Waals surface area contributed by atoms with Crippen LogP contribution in [0.1, 0.15) is 0 Å². The van der Waals surface area contributed by atoms with Gasteiger partial charge in [-0.3, -0.25) is 0 Å². The van der Waals surface area contributed by atoms with Crippen molar-refractivity contribution < 1.29 is 0 Å². The molecule has 0 aliphatic heterocycles. The lowest BCUT2D eigenvalue weighted by molar-refractivity contribution is 1.07. The quantitative estimate of drug-likeness (QED) is 0.170. The van der Waals surface area contributed by atoms with E-state index >= 15 is 0 Å². The number of para-hydroxylation sites is 4. The smallest absolute Gasteiger partial charge is 0.164 e. The predicted octanol–water partition coefficient (Wildman–Crippen LogP) is 12.5. The third-order valence-corrected chi connectivity index (χ3v) is 12.1. The summed E-state index contributed by atoms with van der Waals surface area (Å²) in [5.74, 6) is 1.80. The minimum atomic E-state index is 0.584. The van der Waals surface area contributed by atoms with Crippen molar-refractivity contribution in [2.45, 2.75) is 0 Å². The summed E-state index contributed by atoms with van der Waals surface area (Å²) in [5, 5.41) is 4.33. The highest BCUT2D eigenvalue weighted by atomic mass is 32.1. The topological polar surface area (TPSA) is 69.4 Å². The third kappa shape index (κ3) is 5.58. The fourth-order valence-corrected chi connectivity index (χ4v) is 9.21. The Labute approximate surface area is 323 Å². The van der Waals surface area contributed by atoms with E-state index < -0.39 is 0 Å². The molecule has 258 valence electrons. The van der Waals surface area contributed by atoms with Gasteiger partial charge in [-0.2, -0.15) is 0 Å². The van der Waals surface area contributed by atoms with Crippen LogP contribution in [-0.2, 0) is 0 Å². The van der Waals surface area contributed by atoms with Crippen LogP contribution in [0, 0.1) is 0 Å². The summed E-state index contributed by atoms with van der Waals surface area (Å²) in [6.07, 6.45) is 0. The Kier molecular flexibility index (Phi) is 7.43. The minimum Gasteiger partial charge on any atom is -0.309 e. The molecule has 0 saturated heterocycles. The molecular formula is C47H28N6S2. The number of hydrogen-bond donors (Lipinski definition) is 0. The van der Waals surface area contributed by atoms with E-state index in [4.69, 9.17) is 24.9 Å². The van der Waals surface area contributed by atoms with Crippen LogP contribution in [0.25, 0.3) is 103 Å². The van der Waals surface area contributed by atoms with Gasteiger partial charge in [0.05, 0.1) is 31.5 Å². The molecule has 4 aromatic heterocycles.